The number of nitrogens with zero attached hydrogens (tertiary/aromatic N) is 2. The van der Waals surface area contributed by atoms with E-state index in [1.807, 2.05) is 32.9 Å². The van der Waals surface area contributed by atoms with Crippen LogP contribution in [0.1, 0.15) is 29.9 Å². The highest BCUT2D eigenvalue weighted by Crippen LogP contribution is 2.19. The summed E-state index contributed by atoms with van der Waals surface area (Å²) in [5, 5.41) is 5.98. The molecule has 1 amide bonds. The molecule has 0 bridgehead atoms. The van der Waals surface area contributed by atoms with Gasteiger partial charge in [-0.15, -0.1) is 0 Å². The van der Waals surface area contributed by atoms with E-state index in [0.29, 0.717) is 22.8 Å². The van der Waals surface area contributed by atoms with Gasteiger partial charge in [0.05, 0.1) is 0 Å². The van der Waals surface area contributed by atoms with Crippen molar-refractivity contribution in [2.45, 2.75) is 20.8 Å². The van der Waals surface area contributed by atoms with Crippen molar-refractivity contribution in [2.75, 3.05) is 22.1 Å². The smallest absolute Gasteiger partial charge is 0.255 e. The molecule has 0 saturated heterocycles. The highest BCUT2D eigenvalue weighted by atomic mass is 16.1. The molecule has 1 heterocycles. The molecular formula is C20H24N6O. The van der Waals surface area contributed by atoms with Crippen molar-refractivity contribution in [3.05, 3.63) is 65.9 Å². The van der Waals surface area contributed by atoms with Gasteiger partial charge in [0, 0.05) is 34.4 Å². The molecule has 0 aliphatic carbocycles. The molecule has 7 heteroatoms. The standard InChI is InChI=1S/C18H18N6O.C2H6/c1-11-10-16(24-18(20)21-11)22-14-6-8-15(9-7-14)23-17(25)12-2-4-13(19)5-3-12;1-2/h2-10H,19H2,1H3,(H,23,25)(H3,20,21,22,24);1-2H3. The minimum absolute atomic E-state index is 0.195. The molecule has 0 spiro atoms. The summed E-state index contributed by atoms with van der Waals surface area (Å²) in [6.07, 6.45) is 0. The molecule has 0 aliphatic rings. The van der Waals surface area contributed by atoms with E-state index < -0.39 is 0 Å². The fourth-order valence-corrected chi connectivity index (χ4v) is 2.28. The lowest BCUT2D eigenvalue weighted by atomic mass is 10.2. The van der Waals surface area contributed by atoms with E-state index in [2.05, 4.69) is 20.6 Å². The molecule has 6 N–H and O–H groups in total. The number of carbonyl (C=O) groups is 1. The zero-order valence-electron chi connectivity index (χ0n) is 15.7. The van der Waals surface area contributed by atoms with Crippen LogP contribution in [0.5, 0.6) is 0 Å². The van der Waals surface area contributed by atoms with Gasteiger partial charge in [0.2, 0.25) is 5.95 Å². The van der Waals surface area contributed by atoms with Crippen LogP contribution < -0.4 is 22.1 Å². The van der Waals surface area contributed by atoms with Gasteiger partial charge in [0.1, 0.15) is 5.82 Å². The minimum atomic E-state index is -0.195. The van der Waals surface area contributed by atoms with Gasteiger partial charge >= 0.3 is 0 Å². The van der Waals surface area contributed by atoms with E-state index in [1.54, 1.807) is 42.5 Å². The molecule has 0 saturated carbocycles. The Labute approximate surface area is 158 Å². The predicted molar refractivity (Wildman–Crippen MR) is 111 cm³/mol. The molecule has 3 rings (SSSR count). The quantitative estimate of drug-likeness (QED) is 0.520. The number of nitrogens with two attached hydrogens (primary N) is 2. The lowest BCUT2D eigenvalue weighted by Crippen LogP contribution is -2.11. The zero-order chi connectivity index (χ0) is 19.8. The highest BCUT2D eigenvalue weighted by Gasteiger charge is 2.06. The van der Waals surface area contributed by atoms with Crippen molar-refractivity contribution in [2.24, 2.45) is 0 Å². The number of hydrogen-bond donors (Lipinski definition) is 4. The number of rotatable bonds is 4. The van der Waals surface area contributed by atoms with Crippen LogP contribution in [0.2, 0.25) is 0 Å². The molecule has 0 aliphatic heterocycles. The van der Waals surface area contributed by atoms with Gasteiger partial charge < -0.3 is 22.1 Å². The zero-order valence-corrected chi connectivity index (χ0v) is 15.7. The molecule has 0 fully saturated rings. The number of amides is 1. The summed E-state index contributed by atoms with van der Waals surface area (Å²) >= 11 is 0. The molecule has 2 aromatic carbocycles. The molecule has 7 nitrogen and oxygen atoms in total. The van der Waals surface area contributed by atoms with Crippen LogP contribution >= 0.6 is 0 Å². The summed E-state index contributed by atoms with van der Waals surface area (Å²) in [6.45, 7) is 5.85. The molecule has 0 radical (unpaired) electrons. The Bertz CT molecular complexity index is 871. The van der Waals surface area contributed by atoms with Crippen LogP contribution in [-0.4, -0.2) is 15.9 Å². The minimum Gasteiger partial charge on any atom is -0.399 e. The third-order valence-corrected chi connectivity index (χ3v) is 3.46. The van der Waals surface area contributed by atoms with Crippen molar-refractivity contribution >= 4 is 34.7 Å². The Morgan fingerprint density at radius 3 is 2.07 bits per heavy atom. The van der Waals surface area contributed by atoms with Crippen LogP contribution in [0.4, 0.5) is 28.8 Å². The fraction of sp³-hybridized carbons (Fsp3) is 0.150. The predicted octanol–water partition coefficient (Wildman–Crippen LogP) is 3.97. The number of carbonyl (C=O) groups excluding carboxylic acids is 1. The number of aromatic nitrogens is 2. The van der Waals surface area contributed by atoms with Gasteiger partial charge in [-0.1, -0.05) is 13.8 Å². The second kappa shape index (κ2) is 9.19. The third kappa shape index (κ3) is 5.71. The highest BCUT2D eigenvalue weighted by molar-refractivity contribution is 6.04. The first-order chi connectivity index (χ1) is 13.0. The summed E-state index contributed by atoms with van der Waals surface area (Å²) in [5.41, 5.74) is 14.7. The topological polar surface area (TPSA) is 119 Å². The van der Waals surface area contributed by atoms with Crippen molar-refractivity contribution in [3.63, 3.8) is 0 Å². The van der Waals surface area contributed by atoms with E-state index in [1.165, 1.54) is 0 Å². The van der Waals surface area contributed by atoms with Crippen LogP contribution in [0.25, 0.3) is 0 Å². The largest absolute Gasteiger partial charge is 0.399 e. The number of hydrogen-bond acceptors (Lipinski definition) is 6. The van der Waals surface area contributed by atoms with Crippen LogP contribution in [-0.2, 0) is 0 Å². The molecule has 3 aromatic rings. The normalized spacial score (nSPS) is 9.74. The molecule has 0 unspecified atom stereocenters. The van der Waals surface area contributed by atoms with E-state index in [0.717, 1.165) is 11.4 Å². The Morgan fingerprint density at radius 2 is 1.48 bits per heavy atom. The maximum Gasteiger partial charge on any atom is 0.255 e. The van der Waals surface area contributed by atoms with Crippen LogP contribution in [0.3, 0.4) is 0 Å². The van der Waals surface area contributed by atoms with E-state index in [-0.39, 0.29) is 11.9 Å². The summed E-state index contributed by atoms with van der Waals surface area (Å²) in [7, 11) is 0. The van der Waals surface area contributed by atoms with E-state index in [9.17, 15) is 4.79 Å². The molecule has 1 aromatic heterocycles. The first-order valence-electron chi connectivity index (χ1n) is 8.65. The van der Waals surface area contributed by atoms with Gasteiger partial charge in [-0.05, 0) is 55.5 Å². The lowest BCUT2D eigenvalue weighted by molar-refractivity contribution is 0.102. The second-order valence-electron chi connectivity index (χ2n) is 5.53. The Balaban J connectivity index is 0.00000126. The first kappa shape index (κ1) is 19.7. The van der Waals surface area contributed by atoms with E-state index in [4.69, 9.17) is 11.5 Å². The SMILES string of the molecule is CC.Cc1cc(Nc2ccc(NC(=O)c3ccc(N)cc3)cc2)nc(N)n1. The Hall–Kier alpha value is -3.61. The van der Waals surface area contributed by atoms with Crippen molar-refractivity contribution in [1.82, 2.24) is 9.97 Å². The van der Waals surface area contributed by atoms with Crippen molar-refractivity contribution < 1.29 is 4.79 Å². The third-order valence-electron chi connectivity index (χ3n) is 3.46. The fourth-order valence-electron chi connectivity index (χ4n) is 2.28. The van der Waals surface area contributed by atoms with Crippen molar-refractivity contribution in [3.8, 4) is 0 Å². The average Bonchev–Trinajstić information content (AvgIpc) is 2.65. The first-order valence-corrected chi connectivity index (χ1v) is 8.65. The Morgan fingerprint density at radius 1 is 0.889 bits per heavy atom. The van der Waals surface area contributed by atoms with Gasteiger partial charge in [0.25, 0.3) is 5.91 Å². The van der Waals surface area contributed by atoms with Crippen LogP contribution in [0, 0.1) is 6.92 Å². The van der Waals surface area contributed by atoms with Gasteiger partial charge in [-0.25, -0.2) is 4.98 Å². The lowest BCUT2D eigenvalue weighted by Gasteiger charge is -2.09. The number of anilines is 5. The van der Waals surface area contributed by atoms with Crippen LogP contribution in [0.15, 0.2) is 54.6 Å². The summed E-state index contributed by atoms with van der Waals surface area (Å²) in [6, 6.07) is 15.8. The van der Waals surface area contributed by atoms with Crippen molar-refractivity contribution in [1.29, 1.82) is 0 Å². The van der Waals surface area contributed by atoms with Gasteiger partial charge in [-0.2, -0.15) is 4.98 Å². The summed E-state index contributed by atoms with van der Waals surface area (Å²) in [5.74, 6) is 0.637. The average molecular weight is 364 g/mol. The monoisotopic (exact) mass is 364 g/mol. The second-order valence-corrected chi connectivity index (χ2v) is 5.53. The molecular weight excluding hydrogens is 340 g/mol. The van der Waals surface area contributed by atoms with Gasteiger partial charge in [0.15, 0.2) is 0 Å². The number of nitrogens with one attached hydrogen (secondary N) is 2. The molecule has 27 heavy (non-hydrogen) atoms. The maximum atomic E-state index is 12.2. The molecule has 0 atom stereocenters. The summed E-state index contributed by atoms with van der Waals surface area (Å²) in [4.78, 5) is 20.3. The molecule has 140 valence electrons. The Kier molecular flexibility index (Phi) is 6.71. The maximum absolute atomic E-state index is 12.2. The number of benzene rings is 2. The van der Waals surface area contributed by atoms with E-state index >= 15 is 0 Å². The number of aryl methyl sites for hydroxylation is 1. The number of nitrogen functional groups attached to an aromatic ring is 2. The summed E-state index contributed by atoms with van der Waals surface area (Å²) < 4.78 is 0. The van der Waals surface area contributed by atoms with Gasteiger partial charge in [-0.3, -0.25) is 4.79 Å².